The van der Waals surface area contributed by atoms with Crippen LogP contribution in [0.1, 0.15) is 26.3 Å². The molecule has 1 aromatic heterocycles. The highest BCUT2D eigenvalue weighted by atomic mass is 32.1. The molecule has 120 valence electrons. The molecule has 3 heteroatoms. The van der Waals surface area contributed by atoms with Gasteiger partial charge in [0.2, 0.25) is 0 Å². The van der Waals surface area contributed by atoms with Crippen LogP contribution in [-0.4, -0.2) is 0 Å². The number of fused-ring (bicyclic) bond motifs is 3. The number of hydrogen-bond acceptors (Lipinski definition) is 2. The van der Waals surface area contributed by atoms with Gasteiger partial charge in [0, 0.05) is 25.7 Å². The molecule has 0 spiro atoms. The van der Waals surface area contributed by atoms with E-state index >= 15 is 0 Å². The molecule has 0 saturated heterocycles. The molecular formula is C20H22FNS. The van der Waals surface area contributed by atoms with E-state index in [9.17, 15) is 4.39 Å². The molecule has 0 atom stereocenters. The maximum Gasteiger partial charge on any atom is 0.128 e. The Hall–Kier alpha value is -2.13. The van der Waals surface area contributed by atoms with Crippen LogP contribution >= 0.6 is 11.3 Å². The Morgan fingerprint density at radius 1 is 1.13 bits per heavy atom. The summed E-state index contributed by atoms with van der Waals surface area (Å²) in [5, 5.41) is 2.33. The highest BCUT2D eigenvalue weighted by Crippen LogP contribution is 2.36. The van der Waals surface area contributed by atoms with Crippen LogP contribution in [0.5, 0.6) is 0 Å². The molecule has 23 heavy (non-hydrogen) atoms. The Balaban J connectivity index is 0.000000924. The molecule has 0 bridgehead atoms. The molecule has 1 nitrogen and oxygen atoms in total. The summed E-state index contributed by atoms with van der Waals surface area (Å²) in [5.41, 5.74) is 7.17. The van der Waals surface area contributed by atoms with Crippen LogP contribution < -0.4 is 5.73 Å². The normalized spacial score (nSPS) is 11.9. The van der Waals surface area contributed by atoms with E-state index in [1.807, 2.05) is 51.1 Å². The highest BCUT2D eigenvalue weighted by Gasteiger charge is 2.11. The van der Waals surface area contributed by atoms with E-state index in [0.717, 1.165) is 21.2 Å². The standard InChI is InChI=1S/C18H16FNS.C2H6/c1-12(11-20)5-4-7-15-16(19)10-9-14-13-6-2-3-8-17(13)21-18(14)15;1-2/h2-6,8-11H,7,20H2,1H3;1-2H3/b5-4-,12-11-;. The summed E-state index contributed by atoms with van der Waals surface area (Å²) in [5.74, 6) is -0.145. The van der Waals surface area contributed by atoms with Crippen molar-refractivity contribution in [2.75, 3.05) is 0 Å². The molecule has 2 N–H and O–H groups in total. The van der Waals surface area contributed by atoms with Crippen LogP contribution in [0, 0.1) is 5.82 Å². The Bertz CT molecular complexity index is 859. The van der Waals surface area contributed by atoms with Crippen molar-refractivity contribution in [2.24, 2.45) is 5.73 Å². The second-order valence-electron chi connectivity index (χ2n) is 5.02. The summed E-state index contributed by atoms with van der Waals surface area (Å²) >= 11 is 1.65. The van der Waals surface area contributed by atoms with Crippen LogP contribution in [0.25, 0.3) is 20.2 Å². The van der Waals surface area contributed by atoms with E-state index in [-0.39, 0.29) is 5.82 Å². The van der Waals surface area contributed by atoms with E-state index in [0.29, 0.717) is 6.42 Å². The van der Waals surface area contributed by atoms with Gasteiger partial charge in [-0.3, -0.25) is 0 Å². The lowest BCUT2D eigenvalue weighted by Gasteiger charge is -2.02. The molecule has 0 aliphatic heterocycles. The van der Waals surface area contributed by atoms with E-state index < -0.39 is 0 Å². The van der Waals surface area contributed by atoms with Crippen LogP contribution in [0.4, 0.5) is 4.39 Å². The lowest BCUT2D eigenvalue weighted by Crippen LogP contribution is -1.88. The first-order chi connectivity index (χ1) is 11.2. The van der Waals surface area contributed by atoms with Gasteiger partial charge < -0.3 is 5.73 Å². The lowest BCUT2D eigenvalue weighted by atomic mass is 10.1. The molecule has 0 saturated carbocycles. The molecule has 1 heterocycles. The first-order valence-electron chi connectivity index (χ1n) is 7.84. The number of nitrogens with two attached hydrogens (primary N) is 1. The molecule has 0 aliphatic carbocycles. The summed E-state index contributed by atoms with van der Waals surface area (Å²) in [6.45, 7) is 5.92. The van der Waals surface area contributed by atoms with Gasteiger partial charge in [0.25, 0.3) is 0 Å². The van der Waals surface area contributed by atoms with Gasteiger partial charge in [0.1, 0.15) is 5.82 Å². The summed E-state index contributed by atoms with van der Waals surface area (Å²) in [4.78, 5) is 0. The van der Waals surface area contributed by atoms with Gasteiger partial charge >= 0.3 is 0 Å². The van der Waals surface area contributed by atoms with Crippen molar-refractivity contribution >= 4 is 31.5 Å². The van der Waals surface area contributed by atoms with Crippen molar-refractivity contribution < 1.29 is 4.39 Å². The third-order valence-corrected chi connectivity index (χ3v) is 4.80. The summed E-state index contributed by atoms with van der Waals surface area (Å²) in [7, 11) is 0. The molecule has 0 unspecified atom stereocenters. The zero-order valence-corrected chi connectivity index (χ0v) is 14.6. The zero-order valence-electron chi connectivity index (χ0n) is 13.8. The first-order valence-corrected chi connectivity index (χ1v) is 8.66. The predicted octanol–water partition coefficient (Wildman–Crippen LogP) is 6.18. The van der Waals surface area contributed by atoms with E-state index in [1.54, 1.807) is 23.6 Å². The minimum absolute atomic E-state index is 0.145. The molecule has 0 amide bonds. The number of rotatable bonds is 3. The fraction of sp³-hybridized carbons (Fsp3) is 0.200. The van der Waals surface area contributed by atoms with Gasteiger partial charge in [-0.1, -0.05) is 44.2 Å². The summed E-state index contributed by atoms with van der Waals surface area (Å²) in [6.07, 6.45) is 6.00. The summed E-state index contributed by atoms with van der Waals surface area (Å²) in [6, 6.07) is 11.7. The minimum Gasteiger partial charge on any atom is -0.404 e. The monoisotopic (exact) mass is 327 g/mol. The quantitative estimate of drug-likeness (QED) is 0.571. The fourth-order valence-corrected chi connectivity index (χ4v) is 3.68. The number of allylic oxidation sites excluding steroid dienone is 3. The van der Waals surface area contributed by atoms with Gasteiger partial charge in [0.05, 0.1) is 0 Å². The third-order valence-electron chi connectivity index (χ3n) is 3.56. The van der Waals surface area contributed by atoms with E-state index in [1.165, 1.54) is 10.1 Å². The second kappa shape index (κ2) is 7.93. The average molecular weight is 327 g/mol. The lowest BCUT2D eigenvalue weighted by molar-refractivity contribution is 0.618. The number of hydrogen-bond donors (Lipinski definition) is 1. The first kappa shape index (κ1) is 17.2. The Morgan fingerprint density at radius 3 is 2.61 bits per heavy atom. The minimum atomic E-state index is -0.145. The maximum absolute atomic E-state index is 14.2. The predicted molar refractivity (Wildman–Crippen MR) is 101 cm³/mol. The van der Waals surface area contributed by atoms with Crippen LogP contribution in [0.2, 0.25) is 0 Å². The van der Waals surface area contributed by atoms with E-state index in [4.69, 9.17) is 5.73 Å². The van der Waals surface area contributed by atoms with Gasteiger partial charge in [0.15, 0.2) is 0 Å². The van der Waals surface area contributed by atoms with Gasteiger partial charge in [-0.05, 0) is 43.3 Å². The summed E-state index contributed by atoms with van der Waals surface area (Å²) < 4.78 is 16.4. The number of benzene rings is 2. The molecular weight excluding hydrogens is 305 g/mol. The van der Waals surface area contributed by atoms with Gasteiger partial charge in [-0.15, -0.1) is 11.3 Å². The molecule has 3 rings (SSSR count). The smallest absolute Gasteiger partial charge is 0.128 e. The SMILES string of the molecule is CC.CC(/C=C\Cc1c(F)ccc2c1sc1ccccc12)=C/N. The van der Waals surface area contributed by atoms with E-state index in [2.05, 4.69) is 12.1 Å². The molecule has 3 aromatic rings. The van der Waals surface area contributed by atoms with Gasteiger partial charge in [-0.25, -0.2) is 4.39 Å². The second-order valence-corrected chi connectivity index (χ2v) is 6.07. The largest absolute Gasteiger partial charge is 0.404 e. The van der Waals surface area contributed by atoms with Crippen LogP contribution in [0.15, 0.2) is 60.3 Å². The van der Waals surface area contributed by atoms with Crippen molar-refractivity contribution in [3.8, 4) is 0 Å². The average Bonchev–Trinajstić information content (AvgIpc) is 2.97. The Kier molecular flexibility index (Phi) is 5.94. The van der Waals surface area contributed by atoms with Crippen molar-refractivity contribution in [2.45, 2.75) is 27.2 Å². The third kappa shape index (κ3) is 3.62. The van der Waals surface area contributed by atoms with Crippen molar-refractivity contribution in [1.82, 2.24) is 0 Å². The fourth-order valence-electron chi connectivity index (χ4n) is 2.43. The van der Waals surface area contributed by atoms with Crippen LogP contribution in [-0.2, 0) is 6.42 Å². The maximum atomic E-state index is 14.2. The molecule has 0 radical (unpaired) electrons. The van der Waals surface area contributed by atoms with Gasteiger partial charge in [-0.2, -0.15) is 0 Å². The van der Waals surface area contributed by atoms with Crippen molar-refractivity contribution in [3.63, 3.8) is 0 Å². The molecule has 2 aromatic carbocycles. The number of halogens is 1. The molecule has 0 aliphatic rings. The van der Waals surface area contributed by atoms with Crippen molar-refractivity contribution in [1.29, 1.82) is 0 Å². The zero-order chi connectivity index (χ0) is 16.8. The molecule has 0 fully saturated rings. The Labute approximate surface area is 140 Å². The Morgan fingerprint density at radius 2 is 1.87 bits per heavy atom. The number of thiophene rings is 1. The van der Waals surface area contributed by atoms with Crippen LogP contribution in [0.3, 0.4) is 0 Å². The van der Waals surface area contributed by atoms with Crippen molar-refractivity contribution in [3.05, 3.63) is 71.7 Å². The topological polar surface area (TPSA) is 26.0 Å². The highest BCUT2D eigenvalue weighted by molar-refractivity contribution is 7.26.